The molecule has 12 heteroatoms. The van der Waals surface area contributed by atoms with E-state index in [-0.39, 0.29) is 10.1 Å². The third-order valence-corrected chi connectivity index (χ3v) is 8.19. The molecular weight excluding hydrogens is 476 g/mol. The highest BCUT2D eigenvalue weighted by Crippen LogP contribution is 2.27. The summed E-state index contributed by atoms with van der Waals surface area (Å²) in [5, 5.41) is 11.2. The van der Waals surface area contributed by atoms with E-state index in [0.29, 0.717) is 30.4 Å². The van der Waals surface area contributed by atoms with Gasteiger partial charge in [-0.15, -0.1) is 0 Å². The van der Waals surface area contributed by atoms with Gasteiger partial charge in [0.05, 0.1) is 10.1 Å². The Morgan fingerprint density at radius 1 is 0.941 bits per heavy atom. The number of primary sulfonamides is 1. The Hall–Kier alpha value is -3.06. The first-order valence-corrected chi connectivity index (χ1v) is 13.8. The minimum atomic E-state index is -3.75. The lowest BCUT2D eigenvalue weighted by Gasteiger charge is -2.12. The minimum Gasteiger partial charge on any atom is -0.340 e. The van der Waals surface area contributed by atoms with Gasteiger partial charge in [-0.2, -0.15) is 4.98 Å². The first-order valence-electron chi connectivity index (χ1n) is 10.7. The molecule has 180 valence electrons. The van der Waals surface area contributed by atoms with Crippen LogP contribution in [0, 0.1) is 6.92 Å². The van der Waals surface area contributed by atoms with Gasteiger partial charge in [-0.3, -0.25) is 0 Å². The number of benzene rings is 2. The molecule has 1 fully saturated rings. The maximum atomic E-state index is 11.9. The highest BCUT2D eigenvalue weighted by atomic mass is 32.2. The van der Waals surface area contributed by atoms with Gasteiger partial charge in [-0.25, -0.2) is 31.7 Å². The number of nitrogens with zero attached hydrogens (tertiary/aromatic N) is 2. The third kappa shape index (κ3) is 6.29. The Morgan fingerprint density at radius 3 is 2.18 bits per heavy atom. The normalized spacial score (nSPS) is 14.1. The molecule has 1 aliphatic rings. The number of hydrogen-bond acceptors (Lipinski definition) is 8. The van der Waals surface area contributed by atoms with Crippen molar-refractivity contribution in [2.75, 3.05) is 17.2 Å². The molecule has 0 unspecified atom stereocenters. The molecule has 3 aromatic rings. The van der Waals surface area contributed by atoms with Crippen LogP contribution in [0.3, 0.4) is 0 Å². The fourth-order valence-corrected chi connectivity index (χ4v) is 5.11. The Balaban J connectivity index is 1.37. The van der Waals surface area contributed by atoms with Gasteiger partial charge in [0.25, 0.3) is 0 Å². The predicted molar refractivity (Wildman–Crippen MR) is 131 cm³/mol. The van der Waals surface area contributed by atoms with Crippen LogP contribution in [0.15, 0.2) is 59.6 Å². The number of aromatic nitrogens is 2. The van der Waals surface area contributed by atoms with E-state index in [2.05, 4.69) is 25.3 Å². The lowest BCUT2D eigenvalue weighted by molar-refractivity contribution is 0.580. The minimum absolute atomic E-state index is 0.0222. The highest BCUT2D eigenvalue weighted by Gasteiger charge is 2.35. The second kappa shape index (κ2) is 9.66. The predicted octanol–water partition coefficient (Wildman–Crippen LogP) is 2.54. The summed E-state index contributed by atoms with van der Waals surface area (Å²) in [4.78, 5) is 8.79. The number of anilines is 4. The Morgan fingerprint density at radius 2 is 1.56 bits per heavy atom. The van der Waals surface area contributed by atoms with Crippen LogP contribution in [-0.4, -0.2) is 38.6 Å². The molecule has 0 bridgehead atoms. The number of aryl methyl sites for hydroxylation is 1. The maximum absolute atomic E-state index is 11.9. The van der Waals surface area contributed by atoms with Crippen LogP contribution >= 0.6 is 0 Å². The monoisotopic (exact) mass is 502 g/mol. The van der Waals surface area contributed by atoms with Crippen molar-refractivity contribution in [3.63, 3.8) is 0 Å². The van der Waals surface area contributed by atoms with Gasteiger partial charge < -0.3 is 10.6 Å². The molecular formula is C22H26N6O4S2. The van der Waals surface area contributed by atoms with Gasteiger partial charge in [0.1, 0.15) is 5.82 Å². The zero-order chi connectivity index (χ0) is 24.3. The topological polar surface area (TPSA) is 156 Å². The standard InChI is InChI=1S/C22H26N6O4S2/c1-15-14-24-22(27-18-6-8-19(9-7-18)33(23,29)30)28-21(15)26-17-4-2-16(3-5-17)12-13-25-34(31,32)20-10-11-20/h2-9,14,20,25H,10-13H2,1H3,(H2,23,29,30)(H2,24,26,27,28). The van der Waals surface area contributed by atoms with E-state index in [1.54, 1.807) is 18.3 Å². The number of nitrogens with one attached hydrogen (secondary N) is 3. The van der Waals surface area contributed by atoms with Crippen molar-refractivity contribution >= 4 is 43.2 Å². The Labute approximate surface area is 199 Å². The summed E-state index contributed by atoms with van der Waals surface area (Å²) in [5.74, 6) is 0.958. The molecule has 34 heavy (non-hydrogen) atoms. The molecule has 0 atom stereocenters. The van der Waals surface area contributed by atoms with Crippen LogP contribution < -0.4 is 20.5 Å². The molecule has 1 saturated carbocycles. The van der Waals surface area contributed by atoms with E-state index in [9.17, 15) is 16.8 Å². The van der Waals surface area contributed by atoms with Gasteiger partial charge in [-0.1, -0.05) is 12.1 Å². The average molecular weight is 503 g/mol. The summed E-state index contributed by atoms with van der Waals surface area (Å²) in [6.45, 7) is 2.26. The van der Waals surface area contributed by atoms with Crippen molar-refractivity contribution in [1.29, 1.82) is 0 Å². The van der Waals surface area contributed by atoms with E-state index in [1.165, 1.54) is 12.1 Å². The summed E-state index contributed by atoms with van der Waals surface area (Å²) in [6, 6.07) is 13.7. The van der Waals surface area contributed by atoms with Crippen molar-refractivity contribution in [2.45, 2.75) is 36.3 Å². The van der Waals surface area contributed by atoms with Gasteiger partial charge >= 0.3 is 0 Å². The van der Waals surface area contributed by atoms with Gasteiger partial charge in [0.15, 0.2) is 0 Å². The fraction of sp³-hybridized carbons (Fsp3) is 0.273. The van der Waals surface area contributed by atoms with E-state index in [1.807, 2.05) is 31.2 Å². The van der Waals surface area contributed by atoms with Crippen molar-refractivity contribution < 1.29 is 16.8 Å². The van der Waals surface area contributed by atoms with Crippen LogP contribution in [0.5, 0.6) is 0 Å². The summed E-state index contributed by atoms with van der Waals surface area (Å²) >= 11 is 0. The number of sulfonamides is 2. The van der Waals surface area contributed by atoms with Crippen LogP contribution in [0.1, 0.15) is 24.0 Å². The van der Waals surface area contributed by atoms with Gasteiger partial charge in [-0.05, 0) is 68.1 Å². The molecule has 1 aromatic heterocycles. The molecule has 2 aromatic carbocycles. The van der Waals surface area contributed by atoms with Crippen LogP contribution in [0.2, 0.25) is 0 Å². The van der Waals surface area contributed by atoms with Gasteiger partial charge in [0, 0.05) is 29.7 Å². The third-order valence-electron chi connectivity index (χ3n) is 5.31. The molecule has 0 amide bonds. The summed E-state index contributed by atoms with van der Waals surface area (Å²) in [7, 11) is -6.92. The number of nitrogens with two attached hydrogens (primary N) is 1. The van der Waals surface area contributed by atoms with Crippen molar-refractivity contribution in [3.05, 3.63) is 65.9 Å². The van der Waals surface area contributed by atoms with Crippen molar-refractivity contribution in [1.82, 2.24) is 14.7 Å². The Kier molecular flexibility index (Phi) is 6.84. The fourth-order valence-electron chi connectivity index (χ4n) is 3.21. The van der Waals surface area contributed by atoms with Gasteiger partial charge in [0.2, 0.25) is 26.0 Å². The zero-order valence-electron chi connectivity index (χ0n) is 18.5. The molecule has 0 saturated heterocycles. The van der Waals surface area contributed by atoms with Crippen LogP contribution in [-0.2, 0) is 26.5 Å². The van der Waals surface area contributed by atoms with E-state index < -0.39 is 20.0 Å². The molecule has 0 spiro atoms. The quantitative estimate of drug-likeness (QED) is 0.329. The molecule has 0 radical (unpaired) electrons. The lowest BCUT2D eigenvalue weighted by atomic mass is 10.1. The first kappa shape index (κ1) is 24.1. The van der Waals surface area contributed by atoms with Crippen LogP contribution in [0.25, 0.3) is 0 Å². The molecule has 1 aliphatic carbocycles. The van der Waals surface area contributed by atoms with E-state index >= 15 is 0 Å². The number of hydrogen-bond donors (Lipinski definition) is 4. The lowest BCUT2D eigenvalue weighted by Crippen LogP contribution is -2.29. The molecule has 1 heterocycles. The molecule has 10 nitrogen and oxygen atoms in total. The summed E-state index contributed by atoms with van der Waals surface area (Å²) in [6.07, 6.45) is 3.79. The smallest absolute Gasteiger partial charge is 0.238 e. The first-order chi connectivity index (χ1) is 16.1. The number of rotatable bonds is 10. The molecule has 0 aliphatic heterocycles. The second-order valence-corrected chi connectivity index (χ2v) is 11.7. The van der Waals surface area contributed by atoms with Crippen LogP contribution in [0.4, 0.5) is 23.1 Å². The second-order valence-electron chi connectivity index (χ2n) is 8.13. The average Bonchev–Trinajstić information content (AvgIpc) is 3.63. The Bertz CT molecular complexity index is 1370. The summed E-state index contributed by atoms with van der Waals surface area (Å²) < 4.78 is 49.3. The molecule has 5 N–H and O–H groups in total. The van der Waals surface area contributed by atoms with E-state index in [0.717, 1.165) is 29.7 Å². The maximum Gasteiger partial charge on any atom is 0.238 e. The van der Waals surface area contributed by atoms with E-state index in [4.69, 9.17) is 5.14 Å². The zero-order valence-corrected chi connectivity index (χ0v) is 20.2. The summed E-state index contributed by atoms with van der Waals surface area (Å²) in [5.41, 5.74) is 3.30. The SMILES string of the molecule is Cc1cnc(Nc2ccc(S(N)(=O)=O)cc2)nc1Nc1ccc(CCNS(=O)(=O)C2CC2)cc1. The van der Waals surface area contributed by atoms with Crippen molar-refractivity contribution in [2.24, 2.45) is 5.14 Å². The van der Waals surface area contributed by atoms with Crippen molar-refractivity contribution in [3.8, 4) is 0 Å². The highest BCUT2D eigenvalue weighted by molar-refractivity contribution is 7.90. The largest absolute Gasteiger partial charge is 0.340 e. The molecule has 4 rings (SSSR count).